The number of benzene rings is 3. The van der Waals surface area contributed by atoms with Crippen molar-refractivity contribution in [2.45, 2.75) is 13.5 Å². The first-order valence-corrected chi connectivity index (χ1v) is 8.70. The molecule has 0 saturated carbocycles. The molecule has 0 atom stereocenters. The molecule has 0 aliphatic carbocycles. The summed E-state index contributed by atoms with van der Waals surface area (Å²) in [5.41, 5.74) is 4.27. The predicted octanol–water partition coefficient (Wildman–Crippen LogP) is 5.55. The van der Waals surface area contributed by atoms with Crippen LogP contribution >= 0.6 is 0 Å². The molecule has 0 N–H and O–H groups in total. The lowest BCUT2D eigenvalue weighted by molar-refractivity contribution is -0.384. The smallest absolute Gasteiger partial charge is 0.269 e. The van der Waals surface area contributed by atoms with Crippen LogP contribution in [0.2, 0.25) is 0 Å². The largest absolute Gasteiger partial charge is 0.489 e. The lowest BCUT2D eigenvalue weighted by Gasteiger charge is -2.07. The first-order chi connectivity index (χ1) is 13.5. The van der Waals surface area contributed by atoms with Gasteiger partial charge in [-0.1, -0.05) is 54.1 Å². The summed E-state index contributed by atoms with van der Waals surface area (Å²) in [5.74, 6) is 0.650. The van der Waals surface area contributed by atoms with Crippen molar-refractivity contribution >= 4 is 17.3 Å². The van der Waals surface area contributed by atoms with Gasteiger partial charge in [0.25, 0.3) is 5.69 Å². The Kier molecular flexibility index (Phi) is 5.83. The highest BCUT2D eigenvalue weighted by Gasteiger charge is 2.06. The SMILES string of the molecule is Cc1ccc(/C(C#N)=C\c2ccc(OCc3cccc([N+](=O)[O-])c3)cc2)cc1. The minimum absolute atomic E-state index is 0.0433. The van der Waals surface area contributed by atoms with E-state index in [9.17, 15) is 15.4 Å². The van der Waals surface area contributed by atoms with Crippen LogP contribution in [0.5, 0.6) is 5.75 Å². The molecule has 0 aliphatic heterocycles. The highest BCUT2D eigenvalue weighted by Crippen LogP contribution is 2.21. The maximum Gasteiger partial charge on any atom is 0.269 e. The van der Waals surface area contributed by atoms with E-state index in [1.807, 2.05) is 61.5 Å². The zero-order valence-corrected chi connectivity index (χ0v) is 15.3. The zero-order chi connectivity index (χ0) is 19.9. The molecule has 0 aromatic heterocycles. The van der Waals surface area contributed by atoms with E-state index in [0.717, 1.165) is 22.3 Å². The van der Waals surface area contributed by atoms with Crippen molar-refractivity contribution < 1.29 is 9.66 Å². The fourth-order valence-electron chi connectivity index (χ4n) is 2.67. The zero-order valence-electron chi connectivity index (χ0n) is 15.3. The van der Waals surface area contributed by atoms with Crippen molar-refractivity contribution in [1.29, 1.82) is 5.26 Å². The summed E-state index contributed by atoms with van der Waals surface area (Å²) in [7, 11) is 0. The molecular weight excluding hydrogens is 352 g/mol. The monoisotopic (exact) mass is 370 g/mol. The second-order valence-corrected chi connectivity index (χ2v) is 6.32. The molecule has 0 aliphatic rings. The molecular formula is C23H18N2O3. The lowest BCUT2D eigenvalue weighted by Crippen LogP contribution is -1.96. The molecule has 0 saturated heterocycles. The van der Waals surface area contributed by atoms with Gasteiger partial charge in [0.2, 0.25) is 0 Å². The van der Waals surface area contributed by atoms with Gasteiger partial charge in [0.05, 0.1) is 16.6 Å². The van der Waals surface area contributed by atoms with Crippen molar-refractivity contribution in [3.63, 3.8) is 0 Å². The molecule has 0 heterocycles. The van der Waals surface area contributed by atoms with Crippen molar-refractivity contribution in [1.82, 2.24) is 0 Å². The highest BCUT2D eigenvalue weighted by atomic mass is 16.6. The Hall–Kier alpha value is -3.91. The Bertz CT molecular complexity index is 1050. The maximum atomic E-state index is 10.8. The number of allylic oxidation sites excluding steroid dienone is 1. The van der Waals surface area contributed by atoms with Crippen LogP contribution in [0.3, 0.4) is 0 Å². The predicted molar refractivity (Wildman–Crippen MR) is 109 cm³/mol. The number of hydrogen-bond donors (Lipinski definition) is 0. The highest BCUT2D eigenvalue weighted by molar-refractivity contribution is 5.89. The molecule has 138 valence electrons. The van der Waals surface area contributed by atoms with Gasteiger partial charge in [-0.3, -0.25) is 10.1 Å². The summed E-state index contributed by atoms with van der Waals surface area (Å²) in [5, 5.41) is 20.3. The molecule has 28 heavy (non-hydrogen) atoms. The minimum Gasteiger partial charge on any atom is -0.489 e. The Morgan fingerprint density at radius 3 is 2.46 bits per heavy atom. The van der Waals surface area contributed by atoms with Gasteiger partial charge in [-0.2, -0.15) is 5.26 Å². The van der Waals surface area contributed by atoms with Crippen LogP contribution in [-0.4, -0.2) is 4.92 Å². The molecule has 0 unspecified atom stereocenters. The number of hydrogen-bond acceptors (Lipinski definition) is 4. The number of ether oxygens (including phenoxy) is 1. The van der Waals surface area contributed by atoms with Gasteiger partial charge >= 0.3 is 0 Å². The van der Waals surface area contributed by atoms with Crippen LogP contribution in [-0.2, 0) is 6.61 Å². The molecule has 0 bridgehead atoms. The van der Waals surface area contributed by atoms with E-state index in [-0.39, 0.29) is 12.3 Å². The lowest BCUT2D eigenvalue weighted by atomic mass is 10.0. The van der Waals surface area contributed by atoms with Crippen LogP contribution in [0.15, 0.2) is 72.8 Å². The van der Waals surface area contributed by atoms with Gasteiger partial charge in [-0.25, -0.2) is 0 Å². The van der Waals surface area contributed by atoms with Gasteiger partial charge in [-0.15, -0.1) is 0 Å². The molecule has 0 amide bonds. The normalized spacial score (nSPS) is 10.9. The maximum absolute atomic E-state index is 10.8. The first-order valence-electron chi connectivity index (χ1n) is 8.70. The van der Waals surface area contributed by atoms with Crippen molar-refractivity contribution in [2.75, 3.05) is 0 Å². The van der Waals surface area contributed by atoms with Crippen LogP contribution in [0.4, 0.5) is 5.69 Å². The first kappa shape index (κ1) is 18.9. The average molecular weight is 370 g/mol. The van der Waals surface area contributed by atoms with Gasteiger partial charge in [-0.05, 0) is 41.8 Å². The Labute approximate surface area is 163 Å². The van der Waals surface area contributed by atoms with Crippen LogP contribution in [0.25, 0.3) is 11.6 Å². The van der Waals surface area contributed by atoms with E-state index in [4.69, 9.17) is 4.74 Å². The quantitative estimate of drug-likeness (QED) is 0.247. The molecule has 0 spiro atoms. The Morgan fingerprint density at radius 2 is 1.82 bits per heavy atom. The van der Waals surface area contributed by atoms with Crippen molar-refractivity contribution in [2.24, 2.45) is 0 Å². The van der Waals surface area contributed by atoms with E-state index in [0.29, 0.717) is 11.3 Å². The molecule has 3 aromatic rings. The molecule has 3 aromatic carbocycles. The molecule has 0 radical (unpaired) electrons. The van der Waals surface area contributed by atoms with Gasteiger partial charge < -0.3 is 4.74 Å². The summed E-state index contributed by atoms with van der Waals surface area (Å²) in [4.78, 5) is 10.4. The van der Waals surface area contributed by atoms with Crippen LogP contribution < -0.4 is 4.74 Å². The third-order valence-electron chi connectivity index (χ3n) is 4.20. The molecule has 3 rings (SSSR count). The second kappa shape index (κ2) is 8.65. The summed E-state index contributed by atoms with van der Waals surface area (Å²) in [6, 6.07) is 23.8. The van der Waals surface area contributed by atoms with E-state index >= 15 is 0 Å². The summed E-state index contributed by atoms with van der Waals surface area (Å²) in [6.45, 7) is 2.25. The second-order valence-electron chi connectivity index (χ2n) is 6.32. The van der Waals surface area contributed by atoms with Gasteiger partial charge in [0, 0.05) is 12.1 Å². The fourth-order valence-corrected chi connectivity index (χ4v) is 2.67. The number of non-ortho nitro benzene ring substituents is 1. The van der Waals surface area contributed by atoms with E-state index in [2.05, 4.69) is 6.07 Å². The molecule has 5 nitrogen and oxygen atoms in total. The van der Waals surface area contributed by atoms with E-state index in [1.54, 1.807) is 12.1 Å². The number of nitro benzene ring substituents is 1. The summed E-state index contributed by atoms with van der Waals surface area (Å²) < 4.78 is 5.70. The van der Waals surface area contributed by atoms with E-state index in [1.165, 1.54) is 12.1 Å². The van der Waals surface area contributed by atoms with Crippen molar-refractivity contribution in [3.8, 4) is 11.8 Å². The fraction of sp³-hybridized carbons (Fsp3) is 0.0870. The molecule has 0 fully saturated rings. The van der Waals surface area contributed by atoms with Crippen LogP contribution in [0, 0.1) is 28.4 Å². The Balaban J connectivity index is 1.69. The summed E-state index contributed by atoms with van der Waals surface area (Å²) in [6.07, 6.45) is 1.83. The number of nitriles is 1. The number of aryl methyl sites for hydroxylation is 1. The van der Waals surface area contributed by atoms with Crippen molar-refractivity contribution in [3.05, 3.63) is 105 Å². The van der Waals surface area contributed by atoms with Gasteiger partial charge in [0.1, 0.15) is 12.4 Å². The summed E-state index contributed by atoms with van der Waals surface area (Å²) >= 11 is 0. The standard InChI is InChI=1S/C23H18N2O3/c1-17-5-9-20(10-6-17)21(15-24)13-18-7-11-23(12-8-18)28-16-19-3-2-4-22(14-19)25(26)27/h2-14H,16H2,1H3/b21-13-. The van der Waals surface area contributed by atoms with E-state index < -0.39 is 4.92 Å². The average Bonchev–Trinajstić information content (AvgIpc) is 2.72. The number of nitro groups is 1. The minimum atomic E-state index is -0.425. The Morgan fingerprint density at radius 1 is 1.11 bits per heavy atom. The topological polar surface area (TPSA) is 76.2 Å². The van der Waals surface area contributed by atoms with Crippen LogP contribution in [0.1, 0.15) is 22.3 Å². The van der Waals surface area contributed by atoms with Gasteiger partial charge in [0.15, 0.2) is 0 Å². The third-order valence-corrected chi connectivity index (χ3v) is 4.20. The number of rotatable bonds is 6. The molecule has 5 heteroatoms. The number of nitrogens with zero attached hydrogens (tertiary/aromatic N) is 2. The third kappa shape index (κ3) is 4.83.